The fraction of sp³-hybridized carbons (Fsp3) is 0.182. The number of ketones is 1. The number of nitrogens with zero attached hydrogens (tertiary/aromatic N) is 3. The summed E-state index contributed by atoms with van der Waals surface area (Å²) in [7, 11) is 1.81. The Labute approximate surface area is 97.9 Å². The Morgan fingerprint density at radius 3 is 2.81 bits per heavy atom. The molecule has 0 fully saturated rings. The highest BCUT2D eigenvalue weighted by Gasteiger charge is 2.09. The molecule has 0 aromatic carbocycles. The number of carbonyl (C=O) groups excluding carboxylic acids is 1. The molecule has 2 heterocycles. The maximum atomic E-state index is 11.8. The Hall–Kier alpha value is -1.68. The number of hydrogen-bond donors (Lipinski definition) is 0. The lowest BCUT2D eigenvalue weighted by Crippen LogP contribution is -2.06. The number of aromatic nitrogens is 3. The number of aryl methyl sites for hydroxylation is 1. The number of hydrogen-bond acceptors (Lipinski definition) is 3. The summed E-state index contributed by atoms with van der Waals surface area (Å²) in [5, 5.41) is 4.66. The zero-order valence-electron chi connectivity index (χ0n) is 8.72. The topological polar surface area (TPSA) is 47.8 Å². The second-order valence-electron chi connectivity index (χ2n) is 3.44. The van der Waals surface area contributed by atoms with E-state index in [9.17, 15) is 4.79 Å². The lowest BCUT2D eigenvalue weighted by atomic mass is 10.1. The fourth-order valence-electron chi connectivity index (χ4n) is 1.35. The van der Waals surface area contributed by atoms with E-state index in [1.54, 1.807) is 23.0 Å². The number of pyridine rings is 1. The Morgan fingerprint density at radius 2 is 2.25 bits per heavy atom. The van der Waals surface area contributed by atoms with Crippen LogP contribution in [0.25, 0.3) is 0 Å². The molecule has 0 amide bonds. The van der Waals surface area contributed by atoms with Crippen LogP contribution in [0, 0.1) is 0 Å². The summed E-state index contributed by atoms with van der Waals surface area (Å²) < 4.78 is 1.66. The van der Waals surface area contributed by atoms with E-state index in [1.807, 2.05) is 13.1 Å². The molecule has 2 aromatic rings. The van der Waals surface area contributed by atoms with Crippen molar-refractivity contribution in [1.29, 1.82) is 0 Å². The van der Waals surface area contributed by atoms with Crippen LogP contribution in [-0.2, 0) is 13.5 Å². The van der Waals surface area contributed by atoms with Crippen LogP contribution in [0.5, 0.6) is 0 Å². The van der Waals surface area contributed by atoms with Gasteiger partial charge in [-0.2, -0.15) is 5.10 Å². The van der Waals surface area contributed by atoms with Gasteiger partial charge in [0.2, 0.25) is 0 Å². The number of rotatable bonds is 3. The van der Waals surface area contributed by atoms with Gasteiger partial charge in [0, 0.05) is 19.4 Å². The summed E-state index contributed by atoms with van der Waals surface area (Å²) in [5.74, 6) is -0.0598. The predicted molar refractivity (Wildman–Crippen MR) is 60.5 cm³/mol. The van der Waals surface area contributed by atoms with Crippen LogP contribution >= 0.6 is 11.6 Å². The lowest BCUT2D eigenvalue weighted by Gasteiger charge is -1.97. The van der Waals surface area contributed by atoms with Crippen LogP contribution < -0.4 is 0 Å². The van der Waals surface area contributed by atoms with E-state index < -0.39 is 0 Å². The third-order valence-electron chi connectivity index (χ3n) is 2.12. The van der Waals surface area contributed by atoms with Crippen molar-refractivity contribution in [2.24, 2.45) is 7.05 Å². The first kappa shape index (κ1) is 10.8. The smallest absolute Gasteiger partial charge is 0.187 e. The molecule has 0 radical (unpaired) electrons. The molecule has 0 unspecified atom stereocenters. The molecule has 0 spiro atoms. The molecule has 0 saturated carbocycles. The third-order valence-corrected chi connectivity index (χ3v) is 2.35. The molecule has 5 heteroatoms. The fourth-order valence-corrected chi connectivity index (χ4v) is 1.47. The van der Waals surface area contributed by atoms with Gasteiger partial charge in [0.15, 0.2) is 5.78 Å². The van der Waals surface area contributed by atoms with Crippen molar-refractivity contribution in [1.82, 2.24) is 14.8 Å². The van der Waals surface area contributed by atoms with Gasteiger partial charge in [0.25, 0.3) is 0 Å². The van der Waals surface area contributed by atoms with E-state index in [0.29, 0.717) is 10.7 Å². The van der Waals surface area contributed by atoms with Crippen molar-refractivity contribution < 1.29 is 4.79 Å². The van der Waals surface area contributed by atoms with Gasteiger partial charge in [-0.05, 0) is 18.2 Å². The first-order valence-electron chi connectivity index (χ1n) is 4.78. The minimum atomic E-state index is -0.0598. The second kappa shape index (κ2) is 4.45. The molecular formula is C11H10ClN3O. The van der Waals surface area contributed by atoms with Gasteiger partial charge in [-0.1, -0.05) is 11.6 Å². The average molecular weight is 236 g/mol. The van der Waals surface area contributed by atoms with Gasteiger partial charge in [-0.25, -0.2) is 0 Å². The van der Waals surface area contributed by atoms with E-state index >= 15 is 0 Å². The summed E-state index contributed by atoms with van der Waals surface area (Å²) in [6, 6.07) is 5.08. The van der Waals surface area contributed by atoms with Crippen molar-refractivity contribution in [3.8, 4) is 0 Å². The van der Waals surface area contributed by atoms with Crippen LogP contribution in [-0.4, -0.2) is 20.5 Å². The molecule has 2 aromatic heterocycles. The maximum Gasteiger partial charge on any atom is 0.187 e. The third kappa shape index (κ3) is 2.46. The van der Waals surface area contributed by atoms with Crippen LogP contribution in [0.15, 0.2) is 30.6 Å². The molecular weight excluding hydrogens is 226 g/mol. The van der Waals surface area contributed by atoms with E-state index in [2.05, 4.69) is 10.1 Å². The zero-order chi connectivity index (χ0) is 11.5. The van der Waals surface area contributed by atoms with Crippen LogP contribution in [0.4, 0.5) is 0 Å². The van der Waals surface area contributed by atoms with Gasteiger partial charge in [-0.15, -0.1) is 0 Å². The molecule has 0 atom stereocenters. The summed E-state index contributed by atoms with van der Waals surface area (Å²) >= 11 is 5.69. The van der Waals surface area contributed by atoms with E-state index in [-0.39, 0.29) is 12.2 Å². The SMILES string of the molecule is Cn1ccc(CC(=O)c2ccc(Cl)cn2)n1. The van der Waals surface area contributed by atoms with Gasteiger partial charge in [0.05, 0.1) is 17.1 Å². The van der Waals surface area contributed by atoms with E-state index in [1.165, 1.54) is 6.20 Å². The summed E-state index contributed by atoms with van der Waals surface area (Å²) in [4.78, 5) is 15.7. The Balaban J connectivity index is 2.11. The predicted octanol–water partition coefficient (Wildman–Crippen LogP) is 1.89. The van der Waals surface area contributed by atoms with E-state index in [0.717, 1.165) is 5.69 Å². The van der Waals surface area contributed by atoms with Gasteiger partial charge in [0.1, 0.15) is 5.69 Å². The van der Waals surface area contributed by atoms with Gasteiger partial charge < -0.3 is 0 Å². The number of halogens is 1. The van der Waals surface area contributed by atoms with Crippen molar-refractivity contribution >= 4 is 17.4 Å². The normalized spacial score (nSPS) is 10.4. The first-order chi connectivity index (χ1) is 7.65. The van der Waals surface area contributed by atoms with Crippen LogP contribution in [0.2, 0.25) is 5.02 Å². The summed E-state index contributed by atoms with van der Waals surface area (Å²) in [6.45, 7) is 0. The van der Waals surface area contributed by atoms with Crippen molar-refractivity contribution in [3.63, 3.8) is 0 Å². The first-order valence-corrected chi connectivity index (χ1v) is 5.16. The summed E-state index contributed by atoms with van der Waals surface area (Å²) in [5.41, 5.74) is 1.15. The van der Waals surface area contributed by atoms with Crippen molar-refractivity contribution in [2.75, 3.05) is 0 Å². The molecule has 2 rings (SSSR count). The monoisotopic (exact) mass is 235 g/mol. The highest BCUT2D eigenvalue weighted by atomic mass is 35.5. The molecule has 0 saturated heterocycles. The number of Topliss-reactive ketones (excluding diaryl/α,β-unsaturated/α-hetero) is 1. The van der Waals surface area contributed by atoms with Crippen LogP contribution in [0.3, 0.4) is 0 Å². The minimum absolute atomic E-state index is 0.0598. The van der Waals surface area contributed by atoms with Crippen LogP contribution in [0.1, 0.15) is 16.2 Å². The molecule has 0 aliphatic rings. The molecule has 0 N–H and O–H groups in total. The van der Waals surface area contributed by atoms with Gasteiger partial charge >= 0.3 is 0 Å². The lowest BCUT2D eigenvalue weighted by molar-refractivity contribution is 0.0987. The highest BCUT2D eigenvalue weighted by Crippen LogP contribution is 2.08. The molecule has 82 valence electrons. The maximum absolute atomic E-state index is 11.8. The highest BCUT2D eigenvalue weighted by molar-refractivity contribution is 6.30. The minimum Gasteiger partial charge on any atom is -0.292 e. The average Bonchev–Trinajstić information content (AvgIpc) is 2.65. The number of carbonyl (C=O) groups is 1. The Kier molecular flexibility index (Phi) is 3.01. The molecule has 16 heavy (non-hydrogen) atoms. The zero-order valence-corrected chi connectivity index (χ0v) is 9.48. The molecule has 0 aliphatic heterocycles. The van der Waals surface area contributed by atoms with Crippen molar-refractivity contribution in [3.05, 3.63) is 47.0 Å². The molecule has 0 bridgehead atoms. The largest absolute Gasteiger partial charge is 0.292 e. The Morgan fingerprint density at radius 1 is 1.44 bits per heavy atom. The second-order valence-corrected chi connectivity index (χ2v) is 3.88. The molecule has 0 aliphatic carbocycles. The van der Waals surface area contributed by atoms with Gasteiger partial charge in [-0.3, -0.25) is 14.5 Å². The quantitative estimate of drug-likeness (QED) is 0.764. The summed E-state index contributed by atoms with van der Waals surface area (Å²) in [6.07, 6.45) is 3.53. The molecule has 4 nitrogen and oxygen atoms in total. The standard InChI is InChI=1S/C11H10ClN3O/c1-15-5-4-9(14-15)6-11(16)10-3-2-8(12)7-13-10/h2-5,7H,6H2,1H3. The van der Waals surface area contributed by atoms with Crippen molar-refractivity contribution in [2.45, 2.75) is 6.42 Å². The Bertz CT molecular complexity index is 504. The van der Waals surface area contributed by atoms with E-state index in [4.69, 9.17) is 11.6 Å².